The Morgan fingerprint density at radius 2 is 2.06 bits per heavy atom. The molecule has 0 fully saturated rings. The summed E-state index contributed by atoms with van der Waals surface area (Å²) in [6.45, 7) is 0. The predicted octanol–water partition coefficient (Wildman–Crippen LogP) is 4.00. The fraction of sp³-hybridized carbons (Fsp3) is 0. The van der Waals surface area contributed by atoms with Crippen molar-refractivity contribution in [3.63, 3.8) is 0 Å². The lowest BCUT2D eigenvalue weighted by Crippen LogP contribution is -2.13. The van der Waals surface area contributed by atoms with E-state index in [0.29, 0.717) is 20.3 Å². The number of anilines is 1. The number of pyridine rings is 1. The number of aromatic nitrogens is 1. The minimum atomic E-state index is -0.373. The van der Waals surface area contributed by atoms with Crippen LogP contribution in [-0.4, -0.2) is 10.9 Å². The summed E-state index contributed by atoms with van der Waals surface area (Å²) in [7, 11) is 0. The van der Waals surface area contributed by atoms with Gasteiger partial charge in [0.1, 0.15) is 10.4 Å². The zero-order valence-corrected chi connectivity index (χ0v) is 12.1. The second kappa shape index (κ2) is 5.58. The molecule has 6 heteroatoms. The lowest BCUT2D eigenvalue weighted by molar-refractivity contribution is 0.102. The first-order valence-corrected chi connectivity index (χ1v) is 6.53. The zero-order valence-electron chi connectivity index (χ0n) is 8.95. The molecule has 0 radical (unpaired) electrons. The molecular formula is C12H7Br2FN2O. The zero-order chi connectivity index (χ0) is 13.1. The van der Waals surface area contributed by atoms with Gasteiger partial charge in [0.2, 0.25) is 0 Å². The smallest absolute Gasteiger partial charge is 0.258 e. The number of carbonyl (C=O) groups excluding carboxylic acids is 1. The minimum absolute atomic E-state index is 0.317. The molecule has 0 aliphatic heterocycles. The van der Waals surface area contributed by atoms with Crippen molar-refractivity contribution in [2.45, 2.75) is 0 Å². The van der Waals surface area contributed by atoms with Gasteiger partial charge >= 0.3 is 0 Å². The molecule has 1 aromatic carbocycles. The largest absolute Gasteiger partial charge is 0.321 e. The summed E-state index contributed by atoms with van der Waals surface area (Å²) < 4.78 is 13.9. The van der Waals surface area contributed by atoms with E-state index >= 15 is 0 Å². The summed E-state index contributed by atoms with van der Waals surface area (Å²) in [6.07, 6.45) is 1.58. The summed E-state index contributed by atoms with van der Waals surface area (Å²) in [4.78, 5) is 15.9. The van der Waals surface area contributed by atoms with Gasteiger partial charge in [-0.15, -0.1) is 0 Å². The van der Waals surface area contributed by atoms with E-state index in [4.69, 9.17) is 0 Å². The number of amides is 1. The van der Waals surface area contributed by atoms with Gasteiger partial charge in [0.25, 0.3) is 5.91 Å². The lowest BCUT2D eigenvalue weighted by atomic mass is 10.2. The van der Waals surface area contributed by atoms with E-state index in [9.17, 15) is 9.18 Å². The van der Waals surface area contributed by atoms with Crippen molar-refractivity contribution >= 4 is 43.5 Å². The van der Waals surface area contributed by atoms with Gasteiger partial charge in [-0.25, -0.2) is 9.37 Å². The molecule has 0 saturated heterocycles. The topological polar surface area (TPSA) is 42.0 Å². The Hall–Kier alpha value is -1.27. The Morgan fingerprint density at radius 1 is 1.28 bits per heavy atom. The van der Waals surface area contributed by atoms with Crippen LogP contribution in [0.2, 0.25) is 0 Å². The van der Waals surface area contributed by atoms with Crippen molar-refractivity contribution in [2.24, 2.45) is 0 Å². The molecule has 0 unspecified atom stereocenters. The van der Waals surface area contributed by atoms with Gasteiger partial charge in [-0.1, -0.05) is 0 Å². The van der Waals surface area contributed by atoms with E-state index in [0.717, 1.165) is 0 Å². The van der Waals surface area contributed by atoms with Crippen LogP contribution in [0, 0.1) is 5.82 Å². The van der Waals surface area contributed by atoms with E-state index in [-0.39, 0.29) is 11.7 Å². The molecule has 2 rings (SSSR count). The summed E-state index contributed by atoms with van der Waals surface area (Å²) in [5.74, 6) is -0.690. The molecule has 0 spiro atoms. The Morgan fingerprint density at radius 3 is 2.72 bits per heavy atom. The van der Waals surface area contributed by atoms with Crippen LogP contribution in [0.3, 0.4) is 0 Å². The van der Waals surface area contributed by atoms with Crippen LogP contribution < -0.4 is 5.32 Å². The van der Waals surface area contributed by atoms with Crippen molar-refractivity contribution in [2.75, 3.05) is 5.32 Å². The molecule has 2 aromatic rings. The average molecular weight is 374 g/mol. The third-order valence-corrected chi connectivity index (χ3v) is 3.47. The maximum absolute atomic E-state index is 12.9. The molecule has 0 saturated carbocycles. The standard InChI is InChI=1S/C12H7Br2FN2O/c13-9-6-7(15)3-4-10(9)17-12(18)8-2-1-5-16-11(8)14/h1-6H,(H,17,18). The van der Waals surface area contributed by atoms with Gasteiger partial charge in [0, 0.05) is 10.7 Å². The van der Waals surface area contributed by atoms with Gasteiger partial charge < -0.3 is 5.32 Å². The third-order valence-electron chi connectivity index (χ3n) is 2.18. The van der Waals surface area contributed by atoms with Crippen LogP contribution in [0.15, 0.2) is 45.6 Å². The van der Waals surface area contributed by atoms with Crippen molar-refractivity contribution in [3.05, 3.63) is 57.0 Å². The predicted molar refractivity (Wildman–Crippen MR) is 74.0 cm³/mol. The van der Waals surface area contributed by atoms with Crippen molar-refractivity contribution < 1.29 is 9.18 Å². The number of hydrogen-bond donors (Lipinski definition) is 1. The Balaban J connectivity index is 2.24. The first-order valence-electron chi connectivity index (χ1n) is 4.95. The Labute approximate surface area is 120 Å². The molecule has 1 heterocycles. The van der Waals surface area contributed by atoms with Crippen LogP contribution in [0.4, 0.5) is 10.1 Å². The van der Waals surface area contributed by atoms with Gasteiger partial charge in [-0.2, -0.15) is 0 Å². The number of halogens is 3. The molecule has 0 aliphatic rings. The molecule has 0 atom stereocenters. The molecule has 3 nitrogen and oxygen atoms in total. The SMILES string of the molecule is O=C(Nc1ccc(F)cc1Br)c1cccnc1Br. The van der Waals surface area contributed by atoms with E-state index in [1.54, 1.807) is 18.3 Å². The third kappa shape index (κ3) is 2.94. The van der Waals surface area contributed by atoms with Crippen LogP contribution in [0.5, 0.6) is 0 Å². The maximum atomic E-state index is 12.9. The van der Waals surface area contributed by atoms with Crippen LogP contribution >= 0.6 is 31.9 Å². The van der Waals surface area contributed by atoms with Crippen molar-refractivity contribution in [1.29, 1.82) is 0 Å². The molecule has 1 amide bonds. The number of nitrogens with zero attached hydrogens (tertiary/aromatic N) is 1. The molecule has 1 N–H and O–H groups in total. The number of hydrogen-bond acceptors (Lipinski definition) is 2. The molecule has 18 heavy (non-hydrogen) atoms. The maximum Gasteiger partial charge on any atom is 0.258 e. The first-order chi connectivity index (χ1) is 8.58. The second-order valence-corrected chi connectivity index (χ2v) is 5.03. The number of carbonyl (C=O) groups is 1. The fourth-order valence-electron chi connectivity index (χ4n) is 1.34. The highest BCUT2D eigenvalue weighted by molar-refractivity contribution is 9.10. The highest BCUT2D eigenvalue weighted by atomic mass is 79.9. The van der Waals surface area contributed by atoms with E-state index in [1.807, 2.05) is 0 Å². The summed E-state index contributed by atoms with van der Waals surface area (Å²) in [6, 6.07) is 7.36. The van der Waals surface area contributed by atoms with Crippen molar-refractivity contribution in [3.8, 4) is 0 Å². The Bertz CT molecular complexity index is 604. The normalized spacial score (nSPS) is 10.2. The minimum Gasteiger partial charge on any atom is -0.321 e. The van der Waals surface area contributed by atoms with E-state index < -0.39 is 0 Å². The van der Waals surface area contributed by atoms with E-state index in [2.05, 4.69) is 42.2 Å². The van der Waals surface area contributed by atoms with Gasteiger partial charge in [-0.3, -0.25) is 4.79 Å². The Kier molecular flexibility index (Phi) is 4.08. The summed E-state index contributed by atoms with van der Waals surface area (Å²) in [5.41, 5.74) is 0.908. The number of rotatable bonds is 2. The van der Waals surface area contributed by atoms with Gasteiger partial charge in [-0.05, 0) is 62.2 Å². The first kappa shape index (κ1) is 13.2. The van der Waals surface area contributed by atoms with Crippen LogP contribution in [0.1, 0.15) is 10.4 Å². The average Bonchev–Trinajstić information content (AvgIpc) is 2.33. The summed E-state index contributed by atoms with van der Waals surface area (Å²) in [5, 5.41) is 2.67. The van der Waals surface area contributed by atoms with Gasteiger partial charge in [0.15, 0.2) is 0 Å². The van der Waals surface area contributed by atoms with Gasteiger partial charge in [0.05, 0.1) is 11.3 Å². The molecule has 1 aromatic heterocycles. The summed E-state index contributed by atoms with van der Waals surface area (Å²) >= 11 is 6.38. The molecule has 92 valence electrons. The highest BCUT2D eigenvalue weighted by Crippen LogP contribution is 2.24. The quantitative estimate of drug-likeness (QED) is 0.808. The number of benzene rings is 1. The highest BCUT2D eigenvalue weighted by Gasteiger charge is 2.12. The van der Waals surface area contributed by atoms with Crippen molar-refractivity contribution in [1.82, 2.24) is 4.98 Å². The second-order valence-electron chi connectivity index (χ2n) is 3.42. The lowest BCUT2D eigenvalue weighted by Gasteiger charge is -2.08. The number of nitrogens with one attached hydrogen (secondary N) is 1. The van der Waals surface area contributed by atoms with Crippen LogP contribution in [0.25, 0.3) is 0 Å². The molecule has 0 bridgehead atoms. The van der Waals surface area contributed by atoms with E-state index in [1.165, 1.54) is 18.2 Å². The fourth-order valence-corrected chi connectivity index (χ4v) is 2.22. The van der Waals surface area contributed by atoms with Crippen LogP contribution in [-0.2, 0) is 0 Å². The molecular weight excluding hydrogens is 367 g/mol. The monoisotopic (exact) mass is 372 g/mol. The molecule has 0 aliphatic carbocycles.